The van der Waals surface area contributed by atoms with Gasteiger partial charge < -0.3 is 0 Å². The highest BCUT2D eigenvalue weighted by Crippen LogP contribution is 2.34. The van der Waals surface area contributed by atoms with Gasteiger partial charge in [0, 0.05) is 11.4 Å². The van der Waals surface area contributed by atoms with E-state index in [-0.39, 0.29) is 5.91 Å². The lowest BCUT2D eigenvalue weighted by atomic mass is 10.2. The van der Waals surface area contributed by atoms with E-state index in [1.807, 2.05) is 11.5 Å². The average Bonchev–Trinajstić information content (AvgIpc) is 2.89. The third-order valence-corrected chi connectivity index (χ3v) is 5.37. The van der Waals surface area contributed by atoms with Crippen molar-refractivity contribution < 1.29 is 4.79 Å². The van der Waals surface area contributed by atoms with Crippen LogP contribution in [-0.2, 0) is 4.79 Å². The summed E-state index contributed by atoms with van der Waals surface area (Å²) in [4.78, 5) is 15.9. The molecule has 0 radical (unpaired) electrons. The summed E-state index contributed by atoms with van der Waals surface area (Å²) in [5.41, 5.74) is 1.21. The summed E-state index contributed by atoms with van der Waals surface area (Å²) in [6.07, 6.45) is 5.28. The van der Waals surface area contributed by atoms with E-state index in [1.165, 1.54) is 17.3 Å². The van der Waals surface area contributed by atoms with Gasteiger partial charge in [-0.05, 0) is 36.4 Å². The molecule has 2 nitrogen and oxygen atoms in total. The van der Waals surface area contributed by atoms with Gasteiger partial charge in [-0.25, -0.2) is 0 Å². The normalized spacial score (nSPS) is 17.8. The molecule has 1 aliphatic heterocycles. The fourth-order valence-electron chi connectivity index (χ4n) is 1.86. The zero-order valence-electron chi connectivity index (χ0n) is 11.1. The summed E-state index contributed by atoms with van der Waals surface area (Å²) >= 11 is 8.38. The van der Waals surface area contributed by atoms with Gasteiger partial charge in [0.05, 0.1) is 4.91 Å². The highest BCUT2D eigenvalue weighted by molar-refractivity contribution is 8.26. The molecule has 0 saturated carbocycles. The van der Waals surface area contributed by atoms with Crippen LogP contribution in [0.4, 0.5) is 0 Å². The smallest absolute Gasteiger partial charge is 0.266 e. The zero-order valence-corrected chi connectivity index (χ0v) is 13.6. The molecule has 0 atom stereocenters. The summed E-state index contributed by atoms with van der Waals surface area (Å²) in [6.45, 7) is 4.97. The van der Waals surface area contributed by atoms with E-state index < -0.39 is 0 Å². The molecular weight excluding hydrogens is 294 g/mol. The van der Waals surface area contributed by atoms with Crippen molar-refractivity contribution in [3.8, 4) is 0 Å². The van der Waals surface area contributed by atoms with Crippen LogP contribution in [0.25, 0.3) is 6.08 Å². The van der Waals surface area contributed by atoms with Crippen molar-refractivity contribution >= 4 is 51.6 Å². The van der Waals surface area contributed by atoms with Crippen molar-refractivity contribution in [3.63, 3.8) is 0 Å². The molecule has 0 unspecified atom stereocenters. The largest absolute Gasteiger partial charge is 0.293 e. The Hall–Kier alpha value is -0.650. The molecule has 1 fully saturated rings. The molecule has 0 spiro atoms. The number of hydrogen-bond acceptors (Lipinski definition) is 4. The van der Waals surface area contributed by atoms with Gasteiger partial charge in [-0.3, -0.25) is 9.69 Å². The topological polar surface area (TPSA) is 20.3 Å². The molecule has 1 aromatic rings. The van der Waals surface area contributed by atoms with Gasteiger partial charge in [0.1, 0.15) is 4.32 Å². The van der Waals surface area contributed by atoms with Crippen LogP contribution in [0.5, 0.6) is 0 Å². The van der Waals surface area contributed by atoms with Crippen LogP contribution in [-0.4, -0.2) is 21.7 Å². The summed E-state index contributed by atoms with van der Waals surface area (Å²) in [6, 6.07) is 2.07. The molecule has 19 heavy (non-hydrogen) atoms. The third-order valence-electron chi connectivity index (χ3n) is 3.02. The molecule has 0 bridgehead atoms. The van der Waals surface area contributed by atoms with Gasteiger partial charge in [0.2, 0.25) is 0 Å². The summed E-state index contributed by atoms with van der Waals surface area (Å²) < 4.78 is 0.696. The second-order valence-corrected chi connectivity index (χ2v) is 7.13. The molecule has 1 amide bonds. The SMILES string of the molecule is CCCCCN1C(=O)/C(=C\c2sccc2C)SC1=S. The summed E-state index contributed by atoms with van der Waals surface area (Å²) in [7, 11) is 0. The minimum atomic E-state index is 0.0684. The summed E-state index contributed by atoms with van der Waals surface area (Å²) in [5.74, 6) is 0.0684. The lowest BCUT2D eigenvalue weighted by Crippen LogP contribution is -2.28. The van der Waals surface area contributed by atoms with Gasteiger partial charge in [-0.2, -0.15) is 0 Å². The Morgan fingerprint density at radius 2 is 2.21 bits per heavy atom. The maximum atomic E-state index is 12.3. The number of aryl methyl sites for hydroxylation is 1. The molecule has 5 heteroatoms. The predicted molar refractivity (Wildman–Crippen MR) is 88.5 cm³/mol. The maximum Gasteiger partial charge on any atom is 0.266 e. The van der Waals surface area contributed by atoms with Crippen molar-refractivity contribution in [2.24, 2.45) is 0 Å². The highest BCUT2D eigenvalue weighted by atomic mass is 32.2. The molecule has 0 aromatic carbocycles. The number of thioether (sulfide) groups is 1. The standard InChI is InChI=1S/C14H17NOS3/c1-3-4-5-7-15-13(16)12(19-14(15)17)9-11-10(2)6-8-18-11/h6,8-9H,3-5,7H2,1-2H3/b12-9+. The Balaban J connectivity index is 2.09. The fourth-order valence-corrected chi connectivity index (χ4v) is 4.09. The Morgan fingerprint density at radius 1 is 1.42 bits per heavy atom. The van der Waals surface area contributed by atoms with Crippen LogP contribution < -0.4 is 0 Å². The molecule has 1 aromatic heterocycles. The second-order valence-electron chi connectivity index (χ2n) is 4.51. The van der Waals surface area contributed by atoms with Crippen LogP contribution in [0.2, 0.25) is 0 Å². The first kappa shape index (κ1) is 14.8. The lowest BCUT2D eigenvalue weighted by Gasteiger charge is -2.13. The van der Waals surface area contributed by atoms with Crippen molar-refractivity contribution in [2.45, 2.75) is 33.1 Å². The fraction of sp³-hybridized carbons (Fsp3) is 0.429. The number of amides is 1. The zero-order chi connectivity index (χ0) is 13.8. The number of thiocarbonyl (C=S) groups is 1. The van der Waals surface area contributed by atoms with E-state index in [4.69, 9.17) is 12.2 Å². The highest BCUT2D eigenvalue weighted by Gasteiger charge is 2.31. The Kier molecular flexibility index (Phi) is 5.19. The first-order chi connectivity index (χ1) is 9.13. The molecule has 0 N–H and O–H groups in total. The first-order valence-corrected chi connectivity index (χ1v) is 8.53. The van der Waals surface area contributed by atoms with E-state index in [9.17, 15) is 4.79 Å². The van der Waals surface area contributed by atoms with Crippen LogP contribution >= 0.6 is 35.3 Å². The minimum absolute atomic E-state index is 0.0684. The van der Waals surface area contributed by atoms with E-state index in [2.05, 4.69) is 19.9 Å². The Bertz CT molecular complexity index is 519. The number of nitrogens with zero attached hydrogens (tertiary/aromatic N) is 1. The van der Waals surface area contributed by atoms with Gasteiger partial charge in [0.25, 0.3) is 5.91 Å². The number of carbonyl (C=O) groups is 1. The van der Waals surface area contributed by atoms with Gasteiger partial charge >= 0.3 is 0 Å². The van der Waals surface area contributed by atoms with E-state index in [1.54, 1.807) is 16.2 Å². The quantitative estimate of drug-likeness (QED) is 0.455. The van der Waals surface area contributed by atoms with Crippen molar-refractivity contribution in [2.75, 3.05) is 6.54 Å². The first-order valence-electron chi connectivity index (χ1n) is 6.43. The number of hydrogen-bond donors (Lipinski definition) is 0. The molecule has 2 heterocycles. The molecule has 1 saturated heterocycles. The van der Waals surface area contributed by atoms with Crippen molar-refractivity contribution in [1.29, 1.82) is 0 Å². The van der Waals surface area contributed by atoms with Crippen LogP contribution in [0.15, 0.2) is 16.4 Å². The lowest BCUT2D eigenvalue weighted by molar-refractivity contribution is -0.122. The monoisotopic (exact) mass is 311 g/mol. The Labute approximate surface area is 127 Å². The van der Waals surface area contributed by atoms with Crippen LogP contribution in [0.1, 0.15) is 36.6 Å². The molecule has 102 valence electrons. The Morgan fingerprint density at radius 3 is 2.84 bits per heavy atom. The van der Waals surface area contributed by atoms with Crippen molar-refractivity contribution in [3.05, 3.63) is 26.8 Å². The van der Waals surface area contributed by atoms with Gasteiger partial charge in [-0.15, -0.1) is 11.3 Å². The number of thiophene rings is 1. The summed E-state index contributed by atoms with van der Waals surface area (Å²) in [5, 5.41) is 2.04. The van der Waals surface area contributed by atoms with Crippen molar-refractivity contribution in [1.82, 2.24) is 4.90 Å². The molecule has 1 aliphatic rings. The van der Waals surface area contributed by atoms with Gasteiger partial charge in [0.15, 0.2) is 0 Å². The number of rotatable bonds is 5. The average molecular weight is 311 g/mol. The number of carbonyl (C=O) groups excluding carboxylic acids is 1. The van der Waals surface area contributed by atoms with Crippen LogP contribution in [0, 0.1) is 6.92 Å². The van der Waals surface area contributed by atoms with E-state index in [0.29, 0.717) is 4.32 Å². The van der Waals surface area contributed by atoms with Crippen LogP contribution in [0.3, 0.4) is 0 Å². The second kappa shape index (κ2) is 6.68. The van der Waals surface area contributed by atoms with E-state index in [0.717, 1.165) is 35.6 Å². The number of unbranched alkanes of at least 4 members (excludes halogenated alkanes) is 2. The third kappa shape index (κ3) is 3.46. The predicted octanol–water partition coefficient (Wildman–Crippen LogP) is 4.45. The molecule has 0 aliphatic carbocycles. The maximum absolute atomic E-state index is 12.3. The van der Waals surface area contributed by atoms with Gasteiger partial charge in [-0.1, -0.05) is 43.7 Å². The van der Waals surface area contributed by atoms with E-state index >= 15 is 0 Å². The minimum Gasteiger partial charge on any atom is -0.293 e. The molecular formula is C14H17NOS3. The molecule has 2 rings (SSSR count).